The van der Waals surface area contributed by atoms with E-state index in [2.05, 4.69) is 15.6 Å². The highest BCUT2D eigenvalue weighted by molar-refractivity contribution is 6.33. The van der Waals surface area contributed by atoms with Crippen molar-refractivity contribution in [2.75, 3.05) is 18.0 Å². The monoisotopic (exact) mass is 476 g/mol. The minimum absolute atomic E-state index is 0.00291. The maximum Gasteiger partial charge on any atom is 0.405 e. The highest BCUT2D eigenvalue weighted by atomic mass is 35.5. The van der Waals surface area contributed by atoms with Gasteiger partial charge in [-0.15, -0.1) is 0 Å². The van der Waals surface area contributed by atoms with Crippen molar-refractivity contribution in [1.82, 2.24) is 15.6 Å². The first-order valence-electron chi connectivity index (χ1n) is 10.8. The van der Waals surface area contributed by atoms with Crippen LogP contribution in [0.3, 0.4) is 0 Å². The van der Waals surface area contributed by atoms with E-state index in [-0.39, 0.29) is 39.8 Å². The van der Waals surface area contributed by atoms with E-state index >= 15 is 0 Å². The number of carbonyl (C=O) groups is 2. The molecule has 174 valence electrons. The molecule has 6 rings (SSSR count). The van der Waals surface area contributed by atoms with Crippen LogP contribution in [-0.2, 0) is 0 Å². The van der Waals surface area contributed by atoms with Gasteiger partial charge in [-0.25, -0.2) is 18.6 Å². The zero-order chi connectivity index (χ0) is 23.5. The van der Waals surface area contributed by atoms with Gasteiger partial charge in [0.1, 0.15) is 16.8 Å². The van der Waals surface area contributed by atoms with E-state index in [0.717, 1.165) is 37.5 Å². The van der Waals surface area contributed by atoms with Gasteiger partial charge >= 0.3 is 6.09 Å². The number of aromatic nitrogens is 1. The summed E-state index contributed by atoms with van der Waals surface area (Å²) in [5.41, 5.74) is 0.0603. The number of hydrogen-bond donors (Lipinski definition) is 3. The lowest BCUT2D eigenvalue weighted by atomic mass is 9.50. The molecule has 1 atom stereocenters. The molecule has 2 bridgehead atoms. The Hall–Kier alpha value is -2.94. The van der Waals surface area contributed by atoms with Crippen LogP contribution in [0, 0.1) is 17.6 Å². The normalized spacial score (nSPS) is 27.5. The van der Waals surface area contributed by atoms with Gasteiger partial charge in [-0.3, -0.25) is 4.79 Å². The third-order valence-corrected chi connectivity index (χ3v) is 7.30. The van der Waals surface area contributed by atoms with Crippen LogP contribution in [0.4, 0.5) is 19.3 Å². The van der Waals surface area contributed by atoms with Gasteiger partial charge in [0, 0.05) is 36.5 Å². The molecule has 2 amide bonds. The fourth-order valence-electron chi connectivity index (χ4n) is 5.38. The third-order valence-electron chi connectivity index (χ3n) is 7.02. The fourth-order valence-corrected chi connectivity index (χ4v) is 5.63. The fraction of sp³-hybridized carbons (Fsp3) is 0.435. The molecule has 2 heterocycles. The summed E-state index contributed by atoms with van der Waals surface area (Å²) in [6, 6.07) is 3.04. The van der Waals surface area contributed by atoms with Crippen molar-refractivity contribution >= 4 is 29.3 Å². The number of nitrogens with zero attached hydrogens (tertiary/aromatic N) is 2. The molecule has 0 spiro atoms. The Labute approximate surface area is 194 Å². The van der Waals surface area contributed by atoms with Gasteiger partial charge in [-0.1, -0.05) is 11.6 Å². The number of amides is 2. The maximum atomic E-state index is 14.1. The minimum atomic E-state index is -1.15. The summed E-state index contributed by atoms with van der Waals surface area (Å²) >= 11 is 6.43. The summed E-state index contributed by atoms with van der Waals surface area (Å²) in [4.78, 5) is 30.6. The molecule has 10 heteroatoms. The number of rotatable bonds is 5. The summed E-state index contributed by atoms with van der Waals surface area (Å²) in [6.07, 6.45) is 3.53. The first-order valence-corrected chi connectivity index (χ1v) is 11.2. The SMILES string of the molecule is C[C@]1(NC(=O)O)CCN(c2c(C(=O)NC34CC(C3)C4)cnc(Cl)c2-c2cc(F)cc(F)c2)C1. The minimum Gasteiger partial charge on any atom is -0.465 e. The number of carboxylic acid groups (broad SMARTS) is 1. The van der Waals surface area contributed by atoms with Crippen LogP contribution in [-0.4, -0.2) is 46.3 Å². The van der Waals surface area contributed by atoms with E-state index in [9.17, 15) is 23.5 Å². The van der Waals surface area contributed by atoms with Crippen molar-refractivity contribution in [2.45, 2.75) is 43.7 Å². The average Bonchev–Trinajstić information content (AvgIpc) is 3.02. The van der Waals surface area contributed by atoms with E-state index < -0.39 is 23.3 Å². The summed E-state index contributed by atoms with van der Waals surface area (Å²) in [5, 5.41) is 14.9. The summed E-state index contributed by atoms with van der Waals surface area (Å²) in [5.74, 6) is -1.23. The number of halogens is 3. The molecule has 0 radical (unpaired) electrons. The molecule has 1 aromatic carbocycles. The van der Waals surface area contributed by atoms with Crippen LogP contribution in [0.2, 0.25) is 5.15 Å². The lowest BCUT2D eigenvalue weighted by Gasteiger charge is -2.61. The van der Waals surface area contributed by atoms with Crippen LogP contribution < -0.4 is 15.5 Å². The van der Waals surface area contributed by atoms with Crippen molar-refractivity contribution in [3.63, 3.8) is 0 Å². The second-order valence-corrected chi connectivity index (χ2v) is 10.1. The van der Waals surface area contributed by atoms with Crippen LogP contribution >= 0.6 is 11.6 Å². The third kappa shape index (κ3) is 3.88. The largest absolute Gasteiger partial charge is 0.465 e. The second-order valence-electron chi connectivity index (χ2n) is 9.72. The van der Waals surface area contributed by atoms with E-state index in [4.69, 9.17) is 11.6 Å². The molecule has 0 unspecified atom stereocenters. The van der Waals surface area contributed by atoms with E-state index in [1.165, 1.54) is 6.20 Å². The van der Waals surface area contributed by atoms with Crippen molar-refractivity contribution in [3.8, 4) is 11.1 Å². The predicted molar refractivity (Wildman–Crippen MR) is 119 cm³/mol. The molecule has 1 aliphatic heterocycles. The van der Waals surface area contributed by atoms with Gasteiger partial charge in [-0.2, -0.15) is 0 Å². The van der Waals surface area contributed by atoms with Gasteiger partial charge < -0.3 is 20.6 Å². The van der Waals surface area contributed by atoms with Gasteiger partial charge in [0.2, 0.25) is 0 Å². The molecule has 7 nitrogen and oxygen atoms in total. The molecular weight excluding hydrogens is 454 g/mol. The molecule has 4 aliphatic rings. The number of carbonyl (C=O) groups excluding carboxylic acids is 1. The summed E-state index contributed by atoms with van der Waals surface area (Å²) in [6.45, 7) is 2.43. The number of anilines is 1. The number of nitrogens with one attached hydrogen (secondary N) is 2. The number of hydrogen-bond acceptors (Lipinski definition) is 4. The zero-order valence-electron chi connectivity index (χ0n) is 17.9. The van der Waals surface area contributed by atoms with Crippen LogP contribution in [0.5, 0.6) is 0 Å². The van der Waals surface area contributed by atoms with E-state index in [1.807, 2.05) is 4.90 Å². The highest BCUT2D eigenvalue weighted by Gasteiger charge is 2.57. The Balaban J connectivity index is 1.60. The van der Waals surface area contributed by atoms with Gasteiger partial charge in [0.05, 0.1) is 16.8 Å². The molecule has 3 aliphatic carbocycles. The van der Waals surface area contributed by atoms with Crippen molar-refractivity contribution < 1.29 is 23.5 Å². The molecule has 2 aromatic rings. The first-order chi connectivity index (χ1) is 15.6. The van der Waals surface area contributed by atoms with E-state index in [1.54, 1.807) is 6.92 Å². The first kappa shape index (κ1) is 21.9. The van der Waals surface area contributed by atoms with Crippen LogP contribution in [0.15, 0.2) is 24.4 Å². The van der Waals surface area contributed by atoms with Crippen molar-refractivity contribution in [1.29, 1.82) is 0 Å². The smallest absolute Gasteiger partial charge is 0.405 e. The Morgan fingerprint density at radius 3 is 2.42 bits per heavy atom. The topological polar surface area (TPSA) is 94.6 Å². The number of benzene rings is 1. The number of pyridine rings is 1. The second kappa shape index (κ2) is 7.55. The quantitative estimate of drug-likeness (QED) is 0.562. The maximum absolute atomic E-state index is 14.1. The lowest BCUT2D eigenvalue weighted by Crippen LogP contribution is -2.68. The zero-order valence-corrected chi connectivity index (χ0v) is 18.7. The highest BCUT2D eigenvalue weighted by Crippen LogP contribution is 2.57. The van der Waals surface area contributed by atoms with Crippen molar-refractivity contribution in [2.24, 2.45) is 5.92 Å². The molecule has 33 heavy (non-hydrogen) atoms. The summed E-state index contributed by atoms with van der Waals surface area (Å²) in [7, 11) is 0. The average molecular weight is 477 g/mol. The molecule has 1 aromatic heterocycles. The Kier molecular flexibility index (Phi) is 5.00. The Morgan fingerprint density at radius 1 is 1.18 bits per heavy atom. The van der Waals surface area contributed by atoms with Crippen LogP contribution in [0.25, 0.3) is 11.1 Å². The standard InChI is InChI=1S/C23H23ClF2N4O3/c1-22(29-21(32)33)2-3-30(11-22)18-16(20(31)28-23-7-12(8-23)9-23)10-27-19(24)17(18)13-4-14(25)6-15(26)5-13/h4-6,10,12,29H,2-3,7-9,11H2,1H3,(H,28,31)(H,32,33)/t12?,22-,23?/m0/s1. The Morgan fingerprint density at radius 2 is 1.85 bits per heavy atom. The molecular formula is C23H23ClF2N4O3. The van der Waals surface area contributed by atoms with Gasteiger partial charge in [0.25, 0.3) is 5.91 Å². The van der Waals surface area contributed by atoms with Crippen molar-refractivity contribution in [3.05, 3.63) is 46.7 Å². The van der Waals surface area contributed by atoms with Gasteiger partial charge in [-0.05, 0) is 56.2 Å². The lowest BCUT2D eigenvalue weighted by molar-refractivity contribution is -0.0438. The van der Waals surface area contributed by atoms with E-state index in [0.29, 0.717) is 24.6 Å². The molecule has 3 saturated carbocycles. The molecule has 1 saturated heterocycles. The Bertz CT molecular complexity index is 1140. The van der Waals surface area contributed by atoms with Crippen LogP contribution in [0.1, 0.15) is 43.0 Å². The molecule has 3 N–H and O–H groups in total. The predicted octanol–water partition coefficient (Wildman–Crippen LogP) is 4.20. The molecule has 4 fully saturated rings. The summed E-state index contributed by atoms with van der Waals surface area (Å²) < 4.78 is 28.2. The van der Waals surface area contributed by atoms with Gasteiger partial charge in [0.15, 0.2) is 0 Å².